The van der Waals surface area contributed by atoms with Crippen molar-refractivity contribution in [3.8, 4) is 0 Å². The van der Waals surface area contributed by atoms with Crippen molar-refractivity contribution in [1.82, 2.24) is 0 Å². The van der Waals surface area contributed by atoms with E-state index in [-0.39, 0.29) is 0 Å². The minimum Gasteiger partial charge on any atom is -0.462 e. The molecule has 0 saturated carbocycles. The lowest BCUT2D eigenvalue weighted by molar-refractivity contribution is -0.316. The summed E-state index contributed by atoms with van der Waals surface area (Å²) < 4.78 is 42.4. The summed E-state index contributed by atoms with van der Waals surface area (Å²) in [5.74, 6) is -4.89. The highest BCUT2D eigenvalue weighted by atomic mass is 16.7. The molecular formula is C21H30O14. The van der Waals surface area contributed by atoms with Gasteiger partial charge >= 0.3 is 35.8 Å². The van der Waals surface area contributed by atoms with Gasteiger partial charge in [-0.25, -0.2) is 0 Å². The van der Waals surface area contributed by atoms with Crippen LogP contribution in [0.5, 0.6) is 0 Å². The normalized spacial score (nSPS) is 25.3. The van der Waals surface area contributed by atoms with Crippen LogP contribution in [0.2, 0.25) is 0 Å². The first-order valence-corrected chi connectivity index (χ1v) is 10.4. The summed E-state index contributed by atoms with van der Waals surface area (Å²) in [6.45, 7) is 5.85. The highest BCUT2D eigenvalue weighted by Gasteiger charge is 2.57. The zero-order chi connectivity index (χ0) is 26.9. The molecule has 35 heavy (non-hydrogen) atoms. The number of methoxy groups -OCH3 is 1. The van der Waals surface area contributed by atoms with Crippen molar-refractivity contribution in [2.45, 2.75) is 84.5 Å². The van der Waals surface area contributed by atoms with Crippen LogP contribution in [-0.2, 0) is 66.7 Å². The van der Waals surface area contributed by atoms with Gasteiger partial charge in [0.25, 0.3) is 0 Å². The van der Waals surface area contributed by atoms with Crippen LogP contribution in [0.15, 0.2) is 0 Å². The number of ether oxygens (including phenoxy) is 8. The summed E-state index contributed by atoms with van der Waals surface area (Å²) in [4.78, 5) is 70.7. The van der Waals surface area contributed by atoms with Gasteiger partial charge < -0.3 is 37.9 Å². The number of hydrogen-bond acceptors (Lipinski definition) is 14. The minimum absolute atomic E-state index is 0.567. The smallest absolute Gasteiger partial charge is 0.303 e. The van der Waals surface area contributed by atoms with Gasteiger partial charge in [0.2, 0.25) is 0 Å². The summed E-state index contributed by atoms with van der Waals surface area (Å²) >= 11 is 0. The average molecular weight is 506 g/mol. The fourth-order valence-electron chi connectivity index (χ4n) is 3.41. The number of hydrogen-bond donors (Lipinski definition) is 0. The Morgan fingerprint density at radius 2 is 1.14 bits per heavy atom. The van der Waals surface area contributed by atoms with E-state index in [2.05, 4.69) is 0 Å². The lowest BCUT2D eigenvalue weighted by Gasteiger charge is -2.46. The Labute approximate surface area is 201 Å². The molecule has 0 aromatic carbocycles. The maximum Gasteiger partial charge on any atom is 0.303 e. The fraction of sp³-hybridized carbons (Fsp3) is 0.714. The van der Waals surface area contributed by atoms with Gasteiger partial charge in [0, 0.05) is 48.7 Å². The van der Waals surface area contributed by atoms with Crippen molar-refractivity contribution < 1.29 is 66.7 Å². The molecule has 0 N–H and O–H groups in total. The summed E-state index contributed by atoms with van der Waals surface area (Å²) in [5, 5.41) is 0. The number of carbonyl (C=O) groups excluding carboxylic acids is 6. The number of rotatable bonds is 10. The molecule has 0 bridgehead atoms. The van der Waals surface area contributed by atoms with Crippen molar-refractivity contribution in [3.63, 3.8) is 0 Å². The molecule has 1 heterocycles. The van der Waals surface area contributed by atoms with Crippen molar-refractivity contribution in [2.24, 2.45) is 0 Å². The van der Waals surface area contributed by atoms with Crippen molar-refractivity contribution in [1.29, 1.82) is 0 Å². The van der Waals surface area contributed by atoms with E-state index in [1.165, 1.54) is 7.11 Å². The van der Waals surface area contributed by atoms with Crippen LogP contribution in [-0.4, -0.2) is 92.4 Å². The lowest BCUT2D eigenvalue weighted by atomic mass is 9.92. The van der Waals surface area contributed by atoms with Crippen LogP contribution in [0.1, 0.15) is 41.5 Å². The number of carbonyl (C=O) groups is 6. The molecule has 0 aromatic heterocycles. The van der Waals surface area contributed by atoms with Crippen LogP contribution in [0.4, 0.5) is 0 Å². The van der Waals surface area contributed by atoms with Crippen molar-refractivity contribution in [3.05, 3.63) is 0 Å². The van der Waals surface area contributed by atoms with E-state index in [1.807, 2.05) is 0 Å². The second-order valence-corrected chi connectivity index (χ2v) is 7.45. The Balaban J connectivity index is 3.64. The molecule has 1 aliphatic rings. The van der Waals surface area contributed by atoms with Gasteiger partial charge in [0.1, 0.15) is 12.7 Å². The second-order valence-electron chi connectivity index (χ2n) is 7.45. The molecule has 14 nitrogen and oxygen atoms in total. The van der Waals surface area contributed by atoms with Crippen LogP contribution < -0.4 is 0 Å². The molecule has 0 spiro atoms. The van der Waals surface area contributed by atoms with E-state index >= 15 is 0 Å². The van der Waals surface area contributed by atoms with Crippen molar-refractivity contribution in [2.75, 3.05) is 13.7 Å². The Morgan fingerprint density at radius 3 is 1.57 bits per heavy atom. The first-order chi connectivity index (χ1) is 16.3. The van der Waals surface area contributed by atoms with E-state index in [9.17, 15) is 28.8 Å². The predicted molar refractivity (Wildman–Crippen MR) is 110 cm³/mol. The zero-order valence-electron chi connectivity index (χ0n) is 20.5. The summed E-state index contributed by atoms with van der Waals surface area (Å²) in [5.41, 5.74) is 0. The lowest BCUT2D eigenvalue weighted by Crippen LogP contribution is -2.66. The van der Waals surface area contributed by atoms with E-state index in [0.29, 0.717) is 0 Å². The van der Waals surface area contributed by atoms with E-state index in [4.69, 9.17) is 37.9 Å². The molecule has 0 aromatic rings. The molecule has 1 saturated heterocycles. The summed E-state index contributed by atoms with van der Waals surface area (Å²) in [6, 6.07) is 0. The maximum absolute atomic E-state index is 12.0. The molecule has 0 amide bonds. The largest absolute Gasteiger partial charge is 0.462 e. The van der Waals surface area contributed by atoms with Crippen LogP contribution >= 0.6 is 0 Å². The molecule has 14 heteroatoms. The Kier molecular flexibility index (Phi) is 11.6. The molecule has 7 atom stereocenters. The molecular weight excluding hydrogens is 476 g/mol. The zero-order valence-corrected chi connectivity index (χ0v) is 20.5. The van der Waals surface area contributed by atoms with Gasteiger partial charge in [0.15, 0.2) is 36.8 Å². The molecule has 1 unspecified atom stereocenters. The van der Waals surface area contributed by atoms with Gasteiger partial charge in [-0.3, -0.25) is 28.8 Å². The number of esters is 6. The predicted octanol–water partition coefficient (Wildman–Crippen LogP) is -0.421. The van der Waals surface area contributed by atoms with E-state index < -0.39 is 85.3 Å². The Bertz CT molecular complexity index is 790. The fourth-order valence-corrected chi connectivity index (χ4v) is 3.41. The third-order valence-electron chi connectivity index (χ3n) is 4.43. The van der Waals surface area contributed by atoms with Gasteiger partial charge in [-0.1, -0.05) is 0 Å². The molecule has 0 aliphatic carbocycles. The van der Waals surface area contributed by atoms with E-state index in [1.54, 1.807) is 0 Å². The van der Waals surface area contributed by atoms with Crippen molar-refractivity contribution >= 4 is 35.8 Å². The summed E-state index contributed by atoms with van der Waals surface area (Å²) in [7, 11) is 1.19. The maximum atomic E-state index is 12.0. The average Bonchev–Trinajstić information content (AvgIpc) is 2.70. The first-order valence-electron chi connectivity index (χ1n) is 10.4. The van der Waals surface area contributed by atoms with Crippen LogP contribution in [0.25, 0.3) is 0 Å². The van der Waals surface area contributed by atoms with Crippen LogP contribution in [0.3, 0.4) is 0 Å². The van der Waals surface area contributed by atoms with Gasteiger partial charge in [0.05, 0.1) is 0 Å². The standard InChI is InChI=1S/C21H30O14/c1-9(22)29-8-15(30-10(2)23)16(31-11(3)24)17-18(32-12(4)25)19(33-13(5)26)20(34-14(6)27)21(28-7)35-17/h15-21H,8H2,1-7H3/t15-,16+,17-,18-,19-,20-,21?/m1/s1. The second kappa shape index (κ2) is 13.6. The molecule has 1 fully saturated rings. The molecule has 1 aliphatic heterocycles. The third kappa shape index (κ3) is 9.48. The highest BCUT2D eigenvalue weighted by Crippen LogP contribution is 2.33. The van der Waals surface area contributed by atoms with Gasteiger partial charge in [-0.05, 0) is 0 Å². The highest BCUT2D eigenvalue weighted by molar-refractivity contribution is 5.69. The van der Waals surface area contributed by atoms with Gasteiger partial charge in [-0.15, -0.1) is 0 Å². The first kappa shape index (κ1) is 29.8. The monoisotopic (exact) mass is 506 g/mol. The molecule has 0 radical (unpaired) electrons. The Hall–Kier alpha value is -3.26. The topological polar surface area (TPSA) is 176 Å². The minimum atomic E-state index is -1.56. The quantitative estimate of drug-likeness (QED) is 0.276. The molecule has 1 rings (SSSR count). The third-order valence-corrected chi connectivity index (χ3v) is 4.43. The van der Waals surface area contributed by atoms with Gasteiger partial charge in [-0.2, -0.15) is 0 Å². The van der Waals surface area contributed by atoms with Crippen LogP contribution in [0, 0.1) is 0 Å². The molecule has 198 valence electrons. The Morgan fingerprint density at radius 1 is 0.657 bits per heavy atom. The van der Waals surface area contributed by atoms with E-state index in [0.717, 1.165) is 41.5 Å². The summed E-state index contributed by atoms with van der Waals surface area (Å²) in [6.07, 6.45) is -10.4. The SMILES string of the molecule is COC1O[C@H]([C@@H](OC(C)=O)[C@@H](COC(C)=O)OC(C)=O)[C@@H](OC(C)=O)[C@@H](OC(C)=O)[C@H]1OC(C)=O.